The number of amidine groups is 1. The van der Waals surface area contributed by atoms with E-state index in [1.54, 1.807) is 30.3 Å². The third kappa shape index (κ3) is 6.09. The first-order chi connectivity index (χ1) is 16.0. The van der Waals surface area contributed by atoms with Gasteiger partial charge in [0.05, 0.1) is 17.2 Å². The Morgan fingerprint density at radius 2 is 1.79 bits per heavy atom. The normalized spacial score (nSPS) is 15.6. The van der Waals surface area contributed by atoms with E-state index < -0.39 is 0 Å². The fourth-order valence-corrected chi connectivity index (χ4v) is 3.99. The van der Waals surface area contributed by atoms with Crippen LogP contribution in [0.2, 0.25) is 5.02 Å². The van der Waals surface area contributed by atoms with Gasteiger partial charge in [0, 0.05) is 5.02 Å². The highest BCUT2D eigenvalue weighted by atomic mass is 35.5. The fraction of sp³-hybridized carbons (Fsp3) is 0.120. The second kappa shape index (κ2) is 10.5. The van der Waals surface area contributed by atoms with Crippen molar-refractivity contribution >= 4 is 46.2 Å². The number of hydrogen-bond donors (Lipinski definition) is 2. The van der Waals surface area contributed by atoms with Crippen molar-refractivity contribution in [3.05, 3.63) is 87.8 Å². The minimum atomic E-state index is -0.224. The van der Waals surface area contributed by atoms with Crippen LogP contribution in [0.15, 0.2) is 76.6 Å². The summed E-state index contributed by atoms with van der Waals surface area (Å²) in [5.41, 5.74) is 2.44. The molecule has 168 valence electrons. The lowest BCUT2D eigenvalue weighted by Gasteiger charge is -2.13. The summed E-state index contributed by atoms with van der Waals surface area (Å²) in [7, 11) is 0. The van der Waals surface area contributed by atoms with Gasteiger partial charge >= 0.3 is 0 Å². The first kappa shape index (κ1) is 22.8. The Labute approximate surface area is 200 Å². The van der Waals surface area contributed by atoms with E-state index >= 15 is 0 Å². The van der Waals surface area contributed by atoms with Crippen LogP contribution in [0.25, 0.3) is 6.08 Å². The third-order valence-electron chi connectivity index (χ3n) is 4.60. The number of nitrogens with zero attached hydrogens (tertiary/aromatic N) is 1. The number of rotatable bonds is 7. The van der Waals surface area contributed by atoms with E-state index in [0.29, 0.717) is 45.5 Å². The number of aliphatic imine (C=N–C) groups is 1. The van der Waals surface area contributed by atoms with Gasteiger partial charge in [-0.25, -0.2) is 4.99 Å². The van der Waals surface area contributed by atoms with Crippen molar-refractivity contribution in [2.75, 3.05) is 6.61 Å². The Bertz CT molecular complexity index is 1210. The quantitative estimate of drug-likeness (QED) is 0.410. The Morgan fingerprint density at radius 3 is 2.52 bits per heavy atom. The summed E-state index contributed by atoms with van der Waals surface area (Å²) < 4.78 is 11.7. The number of halogens is 1. The Morgan fingerprint density at radius 1 is 1.03 bits per heavy atom. The van der Waals surface area contributed by atoms with Gasteiger partial charge < -0.3 is 19.9 Å². The minimum absolute atomic E-state index is 0.160. The third-order valence-corrected chi connectivity index (χ3v) is 5.77. The lowest BCUT2D eigenvalue weighted by molar-refractivity contribution is -0.115. The summed E-state index contributed by atoms with van der Waals surface area (Å²) in [6.07, 6.45) is 1.78. The first-order valence-corrected chi connectivity index (χ1v) is 11.4. The van der Waals surface area contributed by atoms with E-state index in [1.807, 2.05) is 49.4 Å². The Hall–Kier alpha value is -3.42. The lowest BCUT2D eigenvalue weighted by atomic mass is 10.2. The van der Waals surface area contributed by atoms with Gasteiger partial charge in [-0.15, -0.1) is 0 Å². The van der Waals surface area contributed by atoms with E-state index in [0.717, 1.165) is 11.1 Å². The molecule has 0 aliphatic carbocycles. The number of carbonyl (C=O) groups excluding carboxylic acids is 1. The predicted octanol–water partition coefficient (Wildman–Crippen LogP) is 5.91. The van der Waals surface area contributed by atoms with E-state index in [-0.39, 0.29) is 11.7 Å². The zero-order chi connectivity index (χ0) is 23.2. The number of thioether (sulfide) groups is 1. The molecule has 0 radical (unpaired) electrons. The van der Waals surface area contributed by atoms with E-state index in [4.69, 9.17) is 21.1 Å². The monoisotopic (exact) mass is 480 g/mol. The summed E-state index contributed by atoms with van der Waals surface area (Å²) >= 11 is 7.18. The Kier molecular flexibility index (Phi) is 7.22. The number of phenolic OH excluding ortho intramolecular Hbond substituents is 1. The van der Waals surface area contributed by atoms with Gasteiger partial charge in [0.1, 0.15) is 12.4 Å². The summed E-state index contributed by atoms with van der Waals surface area (Å²) in [5.74, 6) is 1.15. The smallest absolute Gasteiger partial charge is 0.264 e. The van der Waals surface area contributed by atoms with Crippen molar-refractivity contribution < 1.29 is 19.4 Å². The predicted molar refractivity (Wildman–Crippen MR) is 132 cm³/mol. The molecular formula is C25H21ClN2O4S. The molecule has 1 aliphatic rings. The minimum Gasteiger partial charge on any atom is -0.508 e. The number of carbonyl (C=O) groups is 1. The van der Waals surface area contributed by atoms with Gasteiger partial charge in [-0.3, -0.25) is 4.79 Å². The molecule has 0 unspecified atom stereocenters. The molecule has 33 heavy (non-hydrogen) atoms. The Balaban J connectivity index is 1.49. The number of nitrogens with one attached hydrogen (secondary N) is 1. The van der Waals surface area contributed by atoms with Crippen molar-refractivity contribution in [2.45, 2.75) is 13.5 Å². The standard InChI is InChI=1S/C25H21ClN2O4S/c1-2-31-22-13-17(5-12-21(22)32-15-16-3-6-18(26)7-4-16)14-23-24(30)28-25(33-23)27-19-8-10-20(29)11-9-19/h3-14,29H,2,15H2,1H3,(H,27,28,30). The van der Waals surface area contributed by atoms with E-state index in [2.05, 4.69) is 10.3 Å². The molecule has 0 bridgehead atoms. The van der Waals surface area contributed by atoms with Crippen molar-refractivity contribution in [3.8, 4) is 17.2 Å². The van der Waals surface area contributed by atoms with Gasteiger partial charge in [0.15, 0.2) is 16.7 Å². The summed E-state index contributed by atoms with van der Waals surface area (Å²) in [5, 5.41) is 13.3. The summed E-state index contributed by atoms with van der Waals surface area (Å²) in [6, 6.07) is 19.5. The van der Waals surface area contributed by atoms with Crippen LogP contribution in [-0.4, -0.2) is 22.8 Å². The molecule has 3 aromatic carbocycles. The van der Waals surface area contributed by atoms with Crippen LogP contribution >= 0.6 is 23.4 Å². The second-order valence-corrected chi connectivity index (χ2v) is 8.52. The molecule has 1 amide bonds. The molecule has 1 saturated heterocycles. The highest BCUT2D eigenvalue weighted by Gasteiger charge is 2.24. The molecule has 8 heteroatoms. The number of phenols is 1. The molecule has 1 aliphatic heterocycles. The number of ether oxygens (including phenoxy) is 2. The molecule has 4 rings (SSSR count). The molecule has 0 saturated carbocycles. The van der Waals surface area contributed by atoms with Crippen molar-refractivity contribution in [3.63, 3.8) is 0 Å². The number of aromatic hydroxyl groups is 1. The van der Waals surface area contributed by atoms with Crippen LogP contribution in [0, 0.1) is 0 Å². The summed E-state index contributed by atoms with van der Waals surface area (Å²) in [6.45, 7) is 2.77. The average molecular weight is 481 g/mol. The molecule has 1 heterocycles. The van der Waals surface area contributed by atoms with Gasteiger partial charge in [0.2, 0.25) is 0 Å². The maximum atomic E-state index is 12.4. The van der Waals surface area contributed by atoms with E-state index in [1.165, 1.54) is 11.8 Å². The van der Waals surface area contributed by atoms with Crippen LogP contribution in [0.3, 0.4) is 0 Å². The molecular weight excluding hydrogens is 460 g/mol. The molecule has 2 N–H and O–H groups in total. The maximum Gasteiger partial charge on any atom is 0.264 e. The lowest BCUT2D eigenvalue weighted by Crippen LogP contribution is -2.19. The SMILES string of the molecule is CCOc1cc(C=C2SC(=Nc3ccc(O)cc3)NC2=O)ccc1OCc1ccc(Cl)cc1. The molecule has 0 spiro atoms. The van der Waals surface area contributed by atoms with Crippen molar-refractivity contribution in [1.82, 2.24) is 5.32 Å². The fourth-order valence-electron chi connectivity index (χ4n) is 3.02. The van der Waals surface area contributed by atoms with Gasteiger partial charge in [-0.1, -0.05) is 29.8 Å². The van der Waals surface area contributed by atoms with Gasteiger partial charge in [-0.05, 0) is 84.4 Å². The largest absolute Gasteiger partial charge is 0.508 e. The molecule has 3 aromatic rings. The number of amides is 1. The van der Waals surface area contributed by atoms with Crippen LogP contribution in [0.5, 0.6) is 17.2 Å². The molecule has 0 atom stereocenters. The van der Waals surface area contributed by atoms with Crippen molar-refractivity contribution in [1.29, 1.82) is 0 Å². The van der Waals surface area contributed by atoms with Crippen LogP contribution in [0.4, 0.5) is 5.69 Å². The number of hydrogen-bond acceptors (Lipinski definition) is 6. The summed E-state index contributed by atoms with van der Waals surface area (Å²) in [4.78, 5) is 17.3. The molecule has 0 aromatic heterocycles. The van der Waals surface area contributed by atoms with Crippen LogP contribution in [-0.2, 0) is 11.4 Å². The number of benzene rings is 3. The second-order valence-electron chi connectivity index (χ2n) is 7.05. The average Bonchev–Trinajstić information content (AvgIpc) is 3.14. The van der Waals surface area contributed by atoms with E-state index in [9.17, 15) is 9.90 Å². The zero-order valence-corrected chi connectivity index (χ0v) is 19.3. The highest BCUT2D eigenvalue weighted by Crippen LogP contribution is 2.33. The van der Waals surface area contributed by atoms with Gasteiger partial charge in [0.25, 0.3) is 5.91 Å². The molecule has 1 fully saturated rings. The zero-order valence-electron chi connectivity index (χ0n) is 17.7. The topological polar surface area (TPSA) is 80.2 Å². The van der Waals surface area contributed by atoms with Crippen molar-refractivity contribution in [2.24, 2.45) is 4.99 Å². The van der Waals surface area contributed by atoms with Crippen LogP contribution < -0.4 is 14.8 Å². The molecule has 6 nitrogen and oxygen atoms in total. The van der Waals surface area contributed by atoms with Gasteiger partial charge in [-0.2, -0.15) is 0 Å². The first-order valence-electron chi connectivity index (χ1n) is 10.2. The highest BCUT2D eigenvalue weighted by molar-refractivity contribution is 8.18. The maximum absolute atomic E-state index is 12.4. The van der Waals surface area contributed by atoms with Crippen LogP contribution in [0.1, 0.15) is 18.1 Å².